The van der Waals surface area contributed by atoms with Gasteiger partial charge in [0.15, 0.2) is 11.6 Å². The van der Waals surface area contributed by atoms with Crippen LogP contribution in [0.1, 0.15) is 42.1 Å². The number of benzene rings is 1. The van der Waals surface area contributed by atoms with E-state index in [1.807, 2.05) is 0 Å². The smallest absolute Gasteiger partial charge is 0.340 e. The zero-order chi connectivity index (χ0) is 20.0. The molecule has 1 saturated heterocycles. The first kappa shape index (κ1) is 23.7. The van der Waals surface area contributed by atoms with Gasteiger partial charge < -0.3 is 20.9 Å². The maximum Gasteiger partial charge on any atom is 0.340 e. The molecule has 9 heteroatoms. The predicted molar refractivity (Wildman–Crippen MR) is 106 cm³/mol. The molecule has 1 aliphatic heterocycles. The number of ketones is 2. The number of carbonyl (C=O) groups is 3. The van der Waals surface area contributed by atoms with Gasteiger partial charge in [0.1, 0.15) is 5.84 Å². The van der Waals surface area contributed by atoms with Crippen LogP contribution in [0.2, 0.25) is 0 Å². The molecule has 2 atom stereocenters. The Balaban J connectivity index is 0.00000392. The molecule has 8 nitrogen and oxygen atoms in total. The summed E-state index contributed by atoms with van der Waals surface area (Å²) in [4.78, 5) is 36.7. The third kappa shape index (κ3) is 6.12. The maximum atomic E-state index is 12.6. The number of Topliss-reactive ketones (excluding diaryl/α,β-unsaturated/α-hetero) is 2. The van der Waals surface area contributed by atoms with Gasteiger partial charge in [-0.15, -0.1) is 12.4 Å². The maximum absolute atomic E-state index is 12.6. The van der Waals surface area contributed by atoms with Crippen LogP contribution in [0.15, 0.2) is 24.3 Å². The molecule has 1 heterocycles. The average Bonchev–Trinajstić information content (AvgIpc) is 2.66. The summed E-state index contributed by atoms with van der Waals surface area (Å²) in [6.07, 6.45) is -0.786. The van der Waals surface area contributed by atoms with Crippen molar-refractivity contribution < 1.29 is 24.2 Å². The van der Waals surface area contributed by atoms with Gasteiger partial charge in [-0.1, -0.05) is 31.2 Å². The van der Waals surface area contributed by atoms with Crippen LogP contribution in [0.25, 0.3) is 0 Å². The Kier molecular flexibility index (Phi) is 9.24. The molecule has 154 valence electrons. The number of hydrogen-bond donors (Lipinski definition) is 4. The Hall–Kier alpha value is -2.29. The molecule has 0 aromatic heterocycles. The van der Waals surface area contributed by atoms with E-state index in [1.54, 1.807) is 18.2 Å². The summed E-state index contributed by atoms with van der Waals surface area (Å²) in [5, 5.41) is 20.1. The molecule has 1 aromatic rings. The van der Waals surface area contributed by atoms with Crippen molar-refractivity contribution in [3.05, 3.63) is 35.4 Å². The topological polar surface area (TPSA) is 143 Å². The van der Waals surface area contributed by atoms with E-state index in [0.717, 1.165) is 0 Å². The van der Waals surface area contributed by atoms with E-state index < -0.39 is 23.8 Å². The van der Waals surface area contributed by atoms with Crippen molar-refractivity contribution in [3.63, 3.8) is 0 Å². The number of aliphatic carboxylic acids is 1. The summed E-state index contributed by atoms with van der Waals surface area (Å²) in [7, 11) is 0. The molecule has 28 heavy (non-hydrogen) atoms. The number of carboxylic acids is 1. The molecule has 0 bridgehead atoms. The van der Waals surface area contributed by atoms with Crippen molar-refractivity contribution in [2.75, 3.05) is 13.1 Å². The van der Waals surface area contributed by atoms with Crippen LogP contribution >= 0.6 is 12.4 Å². The van der Waals surface area contributed by atoms with Gasteiger partial charge in [-0.3, -0.25) is 15.0 Å². The number of amidine groups is 1. The lowest BCUT2D eigenvalue weighted by atomic mass is 9.91. The molecule has 0 spiro atoms. The standard InChI is InChI=1S/C19H25N3O5.ClH/c1-11(10-15(23)13-4-2-3-5-14(13)18(20)21)16(24)17(19(25)26)27-12-6-8-22-9-7-12;/h2-5,11-12,17,22H,6-10H2,1H3,(H3,20,21)(H,25,26);1H. The van der Waals surface area contributed by atoms with Crippen molar-refractivity contribution in [2.24, 2.45) is 11.7 Å². The van der Waals surface area contributed by atoms with Crippen LogP contribution in [0.5, 0.6) is 0 Å². The highest BCUT2D eigenvalue weighted by Crippen LogP contribution is 2.19. The van der Waals surface area contributed by atoms with Crippen LogP contribution in [0.3, 0.4) is 0 Å². The molecule has 0 radical (unpaired) electrons. The van der Waals surface area contributed by atoms with Crippen LogP contribution < -0.4 is 11.1 Å². The average molecular weight is 412 g/mol. The monoisotopic (exact) mass is 411 g/mol. The Morgan fingerprint density at radius 2 is 1.82 bits per heavy atom. The first-order valence-electron chi connectivity index (χ1n) is 8.90. The third-order valence-electron chi connectivity index (χ3n) is 4.59. The molecular formula is C19H26ClN3O5. The summed E-state index contributed by atoms with van der Waals surface area (Å²) in [5.74, 6) is -3.42. The SMILES string of the molecule is CC(CC(=O)c1ccccc1C(=N)N)C(=O)C(OC1CCNCC1)C(=O)O.Cl. The predicted octanol–water partition coefficient (Wildman–Crippen LogP) is 1.39. The zero-order valence-electron chi connectivity index (χ0n) is 15.6. The molecule has 1 aliphatic rings. The van der Waals surface area contributed by atoms with Gasteiger partial charge in [0, 0.05) is 23.5 Å². The lowest BCUT2D eigenvalue weighted by Gasteiger charge is -2.26. The second kappa shape index (κ2) is 10.9. The Morgan fingerprint density at radius 1 is 1.25 bits per heavy atom. The van der Waals surface area contributed by atoms with Crippen molar-refractivity contribution >= 4 is 35.8 Å². The second-order valence-corrected chi connectivity index (χ2v) is 6.69. The molecule has 1 aromatic carbocycles. The van der Waals surface area contributed by atoms with E-state index in [0.29, 0.717) is 31.5 Å². The second-order valence-electron chi connectivity index (χ2n) is 6.69. The minimum atomic E-state index is -1.58. The zero-order valence-corrected chi connectivity index (χ0v) is 16.5. The summed E-state index contributed by atoms with van der Waals surface area (Å²) < 4.78 is 5.53. The van der Waals surface area contributed by atoms with Crippen LogP contribution in [0, 0.1) is 11.3 Å². The fourth-order valence-corrected chi connectivity index (χ4v) is 3.08. The lowest BCUT2D eigenvalue weighted by molar-refractivity contribution is -0.163. The number of carboxylic acid groups (broad SMARTS) is 1. The number of ether oxygens (including phenoxy) is 1. The Labute approximate surface area is 169 Å². The fourth-order valence-electron chi connectivity index (χ4n) is 3.08. The number of piperidine rings is 1. The highest BCUT2D eigenvalue weighted by Gasteiger charge is 2.34. The minimum Gasteiger partial charge on any atom is -0.479 e. The largest absolute Gasteiger partial charge is 0.479 e. The Bertz CT molecular complexity index is 734. The van der Waals surface area contributed by atoms with Crippen molar-refractivity contribution in [1.29, 1.82) is 5.41 Å². The number of rotatable bonds is 9. The van der Waals surface area contributed by atoms with E-state index in [-0.39, 0.29) is 42.1 Å². The number of nitrogen functional groups attached to an aromatic ring is 1. The van der Waals surface area contributed by atoms with E-state index in [1.165, 1.54) is 13.0 Å². The first-order chi connectivity index (χ1) is 12.8. The molecule has 5 N–H and O–H groups in total. The highest BCUT2D eigenvalue weighted by molar-refractivity contribution is 6.10. The van der Waals surface area contributed by atoms with Gasteiger partial charge in [-0.25, -0.2) is 4.79 Å². The van der Waals surface area contributed by atoms with Crippen LogP contribution in [-0.4, -0.2) is 53.8 Å². The molecule has 0 saturated carbocycles. The molecular weight excluding hydrogens is 386 g/mol. The molecule has 0 aliphatic carbocycles. The number of nitrogens with one attached hydrogen (secondary N) is 2. The third-order valence-corrected chi connectivity index (χ3v) is 4.59. The van der Waals surface area contributed by atoms with Gasteiger partial charge >= 0.3 is 5.97 Å². The van der Waals surface area contributed by atoms with Gasteiger partial charge in [0.2, 0.25) is 6.10 Å². The number of halogens is 1. The molecule has 2 rings (SSSR count). The van der Waals surface area contributed by atoms with Crippen LogP contribution in [0.4, 0.5) is 0 Å². The van der Waals surface area contributed by atoms with E-state index in [4.69, 9.17) is 15.9 Å². The summed E-state index contributed by atoms with van der Waals surface area (Å²) in [5.41, 5.74) is 6.04. The van der Waals surface area contributed by atoms with Gasteiger partial charge in [0.05, 0.1) is 6.10 Å². The van der Waals surface area contributed by atoms with E-state index >= 15 is 0 Å². The number of carbonyl (C=O) groups excluding carboxylic acids is 2. The summed E-state index contributed by atoms with van der Waals surface area (Å²) >= 11 is 0. The molecule has 2 unspecified atom stereocenters. The summed E-state index contributed by atoms with van der Waals surface area (Å²) in [6, 6.07) is 6.40. The van der Waals surface area contributed by atoms with E-state index in [2.05, 4.69) is 5.32 Å². The van der Waals surface area contributed by atoms with E-state index in [9.17, 15) is 19.5 Å². The lowest BCUT2D eigenvalue weighted by Crippen LogP contribution is -2.42. The fraction of sp³-hybridized carbons (Fsp3) is 0.474. The number of hydrogen-bond acceptors (Lipinski definition) is 6. The van der Waals surface area contributed by atoms with Crippen molar-refractivity contribution in [3.8, 4) is 0 Å². The quantitative estimate of drug-likeness (QED) is 0.208. The first-order valence-corrected chi connectivity index (χ1v) is 8.90. The van der Waals surface area contributed by atoms with Gasteiger partial charge in [0.25, 0.3) is 0 Å². The highest BCUT2D eigenvalue weighted by atomic mass is 35.5. The number of nitrogens with two attached hydrogens (primary N) is 1. The van der Waals surface area contributed by atoms with Crippen molar-refractivity contribution in [2.45, 2.75) is 38.4 Å². The summed E-state index contributed by atoms with van der Waals surface area (Å²) in [6.45, 7) is 2.93. The van der Waals surface area contributed by atoms with Crippen molar-refractivity contribution in [1.82, 2.24) is 5.32 Å². The minimum absolute atomic E-state index is 0. The van der Waals surface area contributed by atoms with Crippen LogP contribution in [-0.2, 0) is 14.3 Å². The molecule has 0 amide bonds. The molecule has 1 fully saturated rings. The normalized spacial score (nSPS) is 16.5. The van der Waals surface area contributed by atoms with Gasteiger partial charge in [-0.2, -0.15) is 0 Å². The Morgan fingerprint density at radius 3 is 2.36 bits per heavy atom. The van der Waals surface area contributed by atoms with Gasteiger partial charge in [-0.05, 0) is 25.9 Å².